The number of para-hydroxylation sites is 1. The van der Waals surface area contributed by atoms with Crippen LogP contribution in [0.25, 0.3) is 11.2 Å². The van der Waals surface area contributed by atoms with Crippen LogP contribution < -0.4 is 20.7 Å². The largest absolute Gasteiger partial charge is 0.462 e. The van der Waals surface area contributed by atoms with Gasteiger partial charge in [0, 0.05) is 6.04 Å². The topological polar surface area (TPSA) is 165 Å². The summed E-state index contributed by atoms with van der Waals surface area (Å²) in [5, 5.41) is 6.07. The minimum atomic E-state index is -4.01. The molecule has 216 valence electrons. The lowest BCUT2D eigenvalue weighted by atomic mass is 10.0. The van der Waals surface area contributed by atoms with Crippen LogP contribution in [0.2, 0.25) is 0 Å². The number of ether oxygens (including phenoxy) is 2. The molecule has 13 nitrogen and oxygen atoms in total. The molecule has 2 fully saturated rings. The van der Waals surface area contributed by atoms with Crippen molar-refractivity contribution in [2.24, 2.45) is 5.92 Å². The molecule has 1 unspecified atom stereocenters. The second-order valence-corrected chi connectivity index (χ2v) is 12.2. The Labute approximate surface area is 232 Å². The first-order valence-corrected chi connectivity index (χ1v) is 15.0. The SMILES string of the molecule is CC(C)OC(=O)[C@H](C)N[P@](=O)(OC[C@H]1O[C@@H](n2cnc3c(NC4CC4)nc(N)nc32)CC1C)Oc1ccccc1. The maximum Gasteiger partial charge on any atom is 0.459 e. The number of nitrogens with one attached hydrogen (secondary N) is 2. The van der Waals surface area contributed by atoms with Gasteiger partial charge in [-0.3, -0.25) is 13.9 Å². The Morgan fingerprint density at radius 1 is 1.23 bits per heavy atom. The fourth-order valence-electron chi connectivity index (χ4n) is 4.42. The van der Waals surface area contributed by atoms with E-state index in [0.29, 0.717) is 35.2 Å². The van der Waals surface area contributed by atoms with E-state index in [1.807, 2.05) is 17.6 Å². The minimum absolute atomic E-state index is 0.0409. The number of benzene rings is 1. The Morgan fingerprint density at radius 3 is 2.67 bits per heavy atom. The predicted octanol–water partition coefficient (Wildman–Crippen LogP) is 4.04. The van der Waals surface area contributed by atoms with Crippen molar-refractivity contribution < 1.29 is 27.9 Å². The van der Waals surface area contributed by atoms with Crippen molar-refractivity contribution >= 4 is 36.6 Å². The molecule has 2 aliphatic rings. The van der Waals surface area contributed by atoms with Crippen molar-refractivity contribution in [3.63, 3.8) is 0 Å². The van der Waals surface area contributed by atoms with Crippen molar-refractivity contribution in [1.82, 2.24) is 24.6 Å². The van der Waals surface area contributed by atoms with Gasteiger partial charge in [-0.05, 0) is 58.1 Å². The standard InChI is InChI=1S/C26H36N7O6P/c1-15(2)37-25(34)17(4)32-40(35,39-19-8-6-5-7-9-19)36-13-20-16(3)12-21(38-20)33-14-28-22-23(29-18-10-11-18)30-26(27)31-24(22)33/h5-9,14-18,20-21H,10-13H2,1-4H3,(H,32,35)(H3,27,29,30,31)/t16?,17-,20+,21+,40-/m0/s1. The summed E-state index contributed by atoms with van der Waals surface area (Å²) in [6.07, 6.45) is 3.35. The van der Waals surface area contributed by atoms with Gasteiger partial charge >= 0.3 is 13.7 Å². The van der Waals surface area contributed by atoms with E-state index in [2.05, 4.69) is 25.4 Å². The van der Waals surface area contributed by atoms with E-state index in [0.717, 1.165) is 12.8 Å². The third kappa shape index (κ3) is 6.72. The molecule has 2 aromatic heterocycles. The first-order chi connectivity index (χ1) is 19.1. The normalized spacial score (nSPS) is 23.2. The summed E-state index contributed by atoms with van der Waals surface area (Å²) < 4.78 is 38.9. The van der Waals surface area contributed by atoms with Gasteiger partial charge in [0.1, 0.15) is 18.0 Å². The Hall–Kier alpha value is -3.25. The highest BCUT2D eigenvalue weighted by Crippen LogP contribution is 2.46. The number of carbonyl (C=O) groups is 1. The number of aromatic nitrogens is 4. The molecule has 4 N–H and O–H groups in total. The summed E-state index contributed by atoms with van der Waals surface area (Å²) in [7, 11) is -4.01. The summed E-state index contributed by atoms with van der Waals surface area (Å²) in [5.74, 6) is 0.575. The fraction of sp³-hybridized carbons (Fsp3) is 0.538. The Balaban J connectivity index is 1.29. The first-order valence-electron chi connectivity index (χ1n) is 13.5. The summed E-state index contributed by atoms with van der Waals surface area (Å²) >= 11 is 0. The van der Waals surface area contributed by atoms with Crippen molar-refractivity contribution in [3.05, 3.63) is 36.7 Å². The maximum atomic E-state index is 13.8. The molecule has 5 rings (SSSR count). The van der Waals surface area contributed by atoms with Gasteiger partial charge in [0.05, 0.1) is 25.1 Å². The molecule has 0 bridgehead atoms. The van der Waals surface area contributed by atoms with E-state index in [1.165, 1.54) is 0 Å². The van der Waals surface area contributed by atoms with Gasteiger partial charge in [-0.2, -0.15) is 15.1 Å². The van der Waals surface area contributed by atoms with Gasteiger partial charge in [0.2, 0.25) is 5.95 Å². The quantitative estimate of drug-likeness (QED) is 0.211. The number of hydrogen-bond donors (Lipinski definition) is 3. The zero-order valence-electron chi connectivity index (χ0n) is 23.0. The fourth-order valence-corrected chi connectivity index (χ4v) is 5.92. The number of esters is 1. The zero-order chi connectivity index (χ0) is 28.4. The summed E-state index contributed by atoms with van der Waals surface area (Å²) in [6.45, 7) is 7.01. The van der Waals surface area contributed by atoms with Crippen molar-refractivity contribution in [1.29, 1.82) is 0 Å². The van der Waals surface area contributed by atoms with Crippen LogP contribution in [0.1, 0.15) is 53.2 Å². The molecule has 1 aromatic carbocycles. The Bertz CT molecular complexity index is 1380. The number of imidazole rings is 1. The molecule has 1 saturated carbocycles. The number of hydrogen-bond acceptors (Lipinski definition) is 11. The van der Waals surface area contributed by atoms with Crippen LogP contribution in [0.5, 0.6) is 5.75 Å². The van der Waals surface area contributed by atoms with E-state index in [-0.39, 0.29) is 30.8 Å². The van der Waals surface area contributed by atoms with Crippen molar-refractivity contribution in [2.45, 2.75) is 77.5 Å². The zero-order valence-corrected chi connectivity index (χ0v) is 23.9. The maximum absolute atomic E-state index is 13.8. The lowest BCUT2D eigenvalue weighted by Gasteiger charge is -2.25. The van der Waals surface area contributed by atoms with E-state index < -0.39 is 25.9 Å². The van der Waals surface area contributed by atoms with Gasteiger partial charge in [0.15, 0.2) is 17.0 Å². The number of nitrogens with two attached hydrogens (primary N) is 1. The molecule has 1 saturated heterocycles. The molecule has 1 aliphatic heterocycles. The van der Waals surface area contributed by atoms with E-state index >= 15 is 0 Å². The van der Waals surface area contributed by atoms with Gasteiger partial charge in [-0.1, -0.05) is 25.1 Å². The number of fused-ring (bicyclic) bond motifs is 1. The van der Waals surface area contributed by atoms with Crippen LogP contribution in [0.15, 0.2) is 36.7 Å². The lowest BCUT2D eigenvalue weighted by molar-refractivity contribution is -0.149. The van der Waals surface area contributed by atoms with E-state index in [9.17, 15) is 9.36 Å². The summed E-state index contributed by atoms with van der Waals surface area (Å²) in [4.78, 5) is 25.7. The van der Waals surface area contributed by atoms with Crippen LogP contribution in [0.4, 0.5) is 11.8 Å². The van der Waals surface area contributed by atoms with Gasteiger partial charge in [-0.25, -0.2) is 9.55 Å². The van der Waals surface area contributed by atoms with Gasteiger partial charge in [0.25, 0.3) is 0 Å². The van der Waals surface area contributed by atoms with E-state index in [1.54, 1.807) is 51.4 Å². The van der Waals surface area contributed by atoms with Crippen LogP contribution in [0.3, 0.4) is 0 Å². The Morgan fingerprint density at radius 2 is 1.98 bits per heavy atom. The third-order valence-electron chi connectivity index (χ3n) is 6.64. The third-order valence-corrected chi connectivity index (χ3v) is 8.29. The molecule has 14 heteroatoms. The monoisotopic (exact) mass is 573 g/mol. The van der Waals surface area contributed by atoms with Crippen LogP contribution >= 0.6 is 7.75 Å². The van der Waals surface area contributed by atoms with Crippen LogP contribution in [-0.4, -0.2) is 56.4 Å². The molecular weight excluding hydrogens is 537 g/mol. The molecule has 0 amide bonds. The van der Waals surface area contributed by atoms with Crippen LogP contribution in [0, 0.1) is 5.92 Å². The van der Waals surface area contributed by atoms with Crippen LogP contribution in [-0.2, 0) is 23.4 Å². The highest BCUT2D eigenvalue weighted by Gasteiger charge is 2.39. The number of rotatable bonds is 12. The predicted molar refractivity (Wildman–Crippen MR) is 149 cm³/mol. The van der Waals surface area contributed by atoms with Crippen molar-refractivity contribution in [3.8, 4) is 5.75 Å². The minimum Gasteiger partial charge on any atom is -0.462 e. The molecular formula is C26H36N7O6P. The van der Waals surface area contributed by atoms with Crippen molar-refractivity contribution in [2.75, 3.05) is 17.7 Å². The highest BCUT2D eigenvalue weighted by atomic mass is 31.2. The number of anilines is 2. The summed E-state index contributed by atoms with van der Waals surface area (Å²) in [6, 6.07) is 8.07. The lowest BCUT2D eigenvalue weighted by Crippen LogP contribution is -2.37. The molecule has 0 radical (unpaired) electrons. The first kappa shape index (κ1) is 28.3. The number of nitrogens with zero attached hydrogens (tertiary/aromatic N) is 4. The molecule has 5 atom stereocenters. The number of nitrogen functional groups attached to an aromatic ring is 1. The highest BCUT2D eigenvalue weighted by molar-refractivity contribution is 7.52. The average molecular weight is 574 g/mol. The summed E-state index contributed by atoms with van der Waals surface area (Å²) in [5.41, 5.74) is 7.20. The average Bonchev–Trinajstić information content (AvgIpc) is 3.48. The molecule has 1 aliphatic carbocycles. The molecule has 0 spiro atoms. The second-order valence-electron chi connectivity index (χ2n) is 10.5. The molecule has 3 aromatic rings. The number of carbonyl (C=O) groups excluding carboxylic acids is 1. The van der Waals surface area contributed by atoms with E-state index in [4.69, 9.17) is 24.3 Å². The smallest absolute Gasteiger partial charge is 0.459 e. The molecule has 40 heavy (non-hydrogen) atoms. The second kappa shape index (κ2) is 11.7. The van der Waals surface area contributed by atoms with Gasteiger partial charge < -0.3 is 25.0 Å². The van der Waals surface area contributed by atoms with Gasteiger partial charge in [-0.15, -0.1) is 0 Å². The molecule has 3 heterocycles. The Kier molecular flexibility index (Phi) is 8.27.